The summed E-state index contributed by atoms with van der Waals surface area (Å²) in [5.41, 5.74) is 0.496. The van der Waals surface area contributed by atoms with Crippen molar-refractivity contribution in [2.45, 2.75) is 25.4 Å². The molecule has 120 valence electrons. The molecule has 1 aromatic rings. The van der Waals surface area contributed by atoms with Crippen LogP contribution in [0.2, 0.25) is 10.0 Å². The highest BCUT2D eigenvalue weighted by molar-refractivity contribution is 6.36. The third-order valence-electron chi connectivity index (χ3n) is 3.30. The van der Waals surface area contributed by atoms with Gasteiger partial charge in [0.1, 0.15) is 0 Å². The van der Waals surface area contributed by atoms with Gasteiger partial charge < -0.3 is 14.8 Å². The zero-order valence-corrected chi connectivity index (χ0v) is 13.5. The SMILES string of the molecule is O=C(COC(=O)Cc1c(Cl)cccc1Cl)NC[C@H]1CCCO1. The highest BCUT2D eigenvalue weighted by Crippen LogP contribution is 2.24. The Morgan fingerprint density at radius 3 is 2.68 bits per heavy atom. The Labute approximate surface area is 138 Å². The number of rotatable bonds is 6. The van der Waals surface area contributed by atoms with Gasteiger partial charge in [-0.2, -0.15) is 0 Å². The van der Waals surface area contributed by atoms with Crippen molar-refractivity contribution >= 4 is 35.1 Å². The quantitative estimate of drug-likeness (QED) is 0.804. The van der Waals surface area contributed by atoms with E-state index in [1.807, 2.05) is 0 Å². The Hall–Kier alpha value is -1.30. The van der Waals surface area contributed by atoms with Crippen molar-refractivity contribution in [1.82, 2.24) is 5.32 Å². The van der Waals surface area contributed by atoms with Gasteiger partial charge in [0.15, 0.2) is 6.61 Å². The first kappa shape index (κ1) is 17.1. The predicted molar refractivity (Wildman–Crippen MR) is 83.1 cm³/mol. The molecule has 1 aliphatic heterocycles. The molecule has 1 aliphatic rings. The number of hydrogen-bond acceptors (Lipinski definition) is 4. The first-order valence-electron chi connectivity index (χ1n) is 7.03. The number of hydrogen-bond donors (Lipinski definition) is 1. The minimum Gasteiger partial charge on any atom is -0.455 e. The van der Waals surface area contributed by atoms with E-state index < -0.39 is 5.97 Å². The van der Waals surface area contributed by atoms with Crippen LogP contribution in [0, 0.1) is 0 Å². The van der Waals surface area contributed by atoms with Crippen LogP contribution in [0.5, 0.6) is 0 Å². The van der Waals surface area contributed by atoms with Crippen molar-refractivity contribution in [3.63, 3.8) is 0 Å². The maximum atomic E-state index is 11.7. The van der Waals surface area contributed by atoms with E-state index in [0.29, 0.717) is 22.2 Å². The zero-order valence-electron chi connectivity index (χ0n) is 11.9. The van der Waals surface area contributed by atoms with Gasteiger partial charge >= 0.3 is 5.97 Å². The lowest BCUT2D eigenvalue weighted by molar-refractivity contribution is -0.148. The average Bonchev–Trinajstić information content (AvgIpc) is 3.00. The van der Waals surface area contributed by atoms with Gasteiger partial charge in [0.25, 0.3) is 5.91 Å². The van der Waals surface area contributed by atoms with Gasteiger partial charge in [0.2, 0.25) is 0 Å². The van der Waals surface area contributed by atoms with E-state index in [4.69, 9.17) is 32.7 Å². The van der Waals surface area contributed by atoms with Gasteiger partial charge in [-0.15, -0.1) is 0 Å². The van der Waals surface area contributed by atoms with Gasteiger partial charge in [-0.3, -0.25) is 9.59 Å². The lowest BCUT2D eigenvalue weighted by Crippen LogP contribution is -2.35. The second-order valence-corrected chi connectivity index (χ2v) is 5.79. The van der Waals surface area contributed by atoms with Crippen LogP contribution in [0.3, 0.4) is 0 Å². The van der Waals surface area contributed by atoms with E-state index in [1.165, 1.54) is 0 Å². The molecule has 1 amide bonds. The summed E-state index contributed by atoms with van der Waals surface area (Å²) in [6.07, 6.45) is 1.93. The topological polar surface area (TPSA) is 64.6 Å². The van der Waals surface area contributed by atoms with Gasteiger partial charge in [-0.1, -0.05) is 29.3 Å². The van der Waals surface area contributed by atoms with Crippen LogP contribution in [-0.2, 0) is 25.5 Å². The van der Waals surface area contributed by atoms with Crippen LogP contribution in [-0.4, -0.2) is 37.7 Å². The Morgan fingerprint density at radius 2 is 2.05 bits per heavy atom. The van der Waals surface area contributed by atoms with E-state index in [9.17, 15) is 9.59 Å². The fourth-order valence-corrected chi connectivity index (χ4v) is 2.66. The van der Waals surface area contributed by atoms with Gasteiger partial charge in [-0.05, 0) is 25.0 Å². The third-order valence-corrected chi connectivity index (χ3v) is 4.01. The zero-order chi connectivity index (χ0) is 15.9. The molecule has 0 radical (unpaired) electrons. The number of carbonyl (C=O) groups is 2. The molecule has 0 bridgehead atoms. The molecule has 7 heteroatoms. The molecule has 0 saturated carbocycles. The summed E-state index contributed by atoms with van der Waals surface area (Å²) in [6.45, 7) is 0.842. The molecule has 0 unspecified atom stereocenters. The Bertz CT molecular complexity index is 524. The second-order valence-electron chi connectivity index (χ2n) is 4.98. The number of amides is 1. The molecule has 1 heterocycles. The summed E-state index contributed by atoms with van der Waals surface area (Å²) in [4.78, 5) is 23.3. The van der Waals surface area contributed by atoms with Crippen LogP contribution < -0.4 is 5.32 Å². The second kappa shape index (κ2) is 8.36. The lowest BCUT2D eigenvalue weighted by Gasteiger charge is -2.11. The highest BCUT2D eigenvalue weighted by Gasteiger charge is 2.17. The third kappa shape index (κ3) is 5.16. The predicted octanol–water partition coefficient (Wildman–Crippen LogP) is 2.37. The van der Waals surface area contributed by atoms with Crippen molar-refractivity contribution in [2.75, 3.05) is 19.8 Å². The number of nitrogens with one attached hydrogen (secondary N) is 1. The number of esters is 1. The van der Waals surface area contributed by atoms with E-state index in [2.05, 4.69) is 5.32 Å². The highest BCUT2D eigenvalue weighted by atomic mass is 35.5. The van der Waals surface area contributed by atoms with Crippen LogP contribution >= 0.6 is 23.2 Å². The summed E-state index contributed by atoms with van der Waals surface area (Å²) in [5.74, 6) is -0.906. The number of ether oxygens (including phenoxy) is 2. The molecule has 0 spiro atoms. The van der Waals surface area contributed by atoms with Crippen molar-refractivity contribution in [1.29, 1.82) is 0 Å². The fraction of sp³-hybridized carbons (Fsp3) is 0.467. The molecule has 2 rings (SSSR count). The number of benzene rings is 1. The maximum Gasteiger partial charge on any atom is 0.310 e. The molecule has 1 N–H and O–H groups in total. The molecular weight excluding hydrogens is 329 g/mol. The summed E-state index contributed by atoms with van der Waals surface area (Å²) < 4.78 is 10.3. The van der Waals surface area contributed by atoms with Gasteiger partial charge in [-0.25, -0.2) is 0 Å². The van der Waals surface area contributed by atoms with Crippen LogP contribution in [0.15, 0.2) is 18.2 Å². The average molecular weight is 346 g/mol. The normalized spacial score (nSPS) is 17.3. The monoisotopic (exact) mass is 345 g/mol. The standard InChI is InChI=1S/C15H17Cl2NO4/c16-12-4-1-5-13(17)11(12)7-15(20)22-9-14(19)18-8-10-3-2-6-21-10/h1,4-5,10H,2-3,6-9H2,(H,18,19)/t10-/m1/s1. The minimum absolute atomic E-state index is 0.0570. The van der Waals surface area contributed by atoms with E-state index in [1.54, 1.807) is 18.2 Å². The van der Waals surface area contributed by atoms with Crippen molar-refractivity contribution in [2.24, 2.45) is 0 Å². The molecule has 22 heavy (non-hydrogen) atoms. The first-order valence-corrected chi connectivity index (χ1v) is 7.78. The van der Waals surface area contributed by atoms with Crippen LogP contribution in [0.25, 0.3) is 0 Å². The summed E-state index contributed by atoms with van der Waals surface area (Å²) >= 11 is 11.9. The van der Waals surface area contributed by atoms with Gasteiger partial charge in [0.05, 0.1) is 12.5 Å². The first-order chi connectivity index (χ1) is 10.6. The Balaban J connectivity index is 1.71. The van der Waals surface area contributed by atoms with Crippen LogP contribution in [0.1, 0.15) is 18.4 Å². The number of halogens is 2. The molecule has 1 aromatic carbocycles. The van der Waals surface area contributed by atoms with Crippen LogP contribution in [0.4, 0.5) is 0 Å². The smallest absolute Gasteiger partial charge is 0.310 e. The molecule has 0 aliphatic carbocycles. The van der Waals surface area contributed by atoms with E-state index in [-0.39, 0.29) is 25.0 Å². The molecule has 1 atom stereocenters. The molecule has 1 fully saturated rings. The molecule has 5 nitrogen and oxygen atoms in total. The Kier molecular flexibility index (Phi) is 6.49. The molecular formula is C15H17Cl2NO4. The fourth-order valence-electron chi connectivity index (χ4n) is 2.13. The Morgan fingerprint density at radius 1 is 1.32 bits per heavy atom. The van der Waals surface area contributed by atoms with Crippen molar-refractivity contribution in [3.8, 4) is 0 Å². The van der Waals surface area contributed by atoms with E-state index in [0.717, 1.165) is 19.4 Å². The lowest BCUT2D eigenvalue weighted by atomic mass is 10.1. The number of carbonyl (C=O) groups excluding carboxylic acids is 2. The summed E-state index contributed by atoms with van der Waals surface area (Å²) in [5, 5.41) is 3.46. The maximum absolute atomic E-state index is 11.7. The molecule has 0 aromatic heterocycles. The summed E-state index contributed by atoms with van der Waals surface area (Å²) in [7, 11) is 0. The van der Waals surface area contributed by atoms with E-state index >= 15 is 0 Å². The van der Waals surface area contributed by atoms with Crippen molar-refractivity contribution in [3.05, 3.63) is 33.8 Å². The molecule has 1 saturated heterocycles. The van der Waals surface area contributed by atoms with Gasteiger partial charge in [0, 0.05) is 28.8 Å². The largest absolute Gasteiger partial charge is 0.455 e. The minimum atomic E-state index is -0.553. The van der Waals surface area contributed by atoms with Crippen molar-refractivity contribution < 1.29 is 19.1 Å². The summed E-state index contributed by atoms with van der Waals surface area (Å²) in [6, 6.07) is 4.98.